The van der Waals surface area contributed by atoms with Gasteiger partial charge in [0.25, 0.3) is 0 Å². The number of aryl methyl sites for hydroxylation is 1. The van der Waals surface area contributed by atoms with Crippen LogP contribution in [-0.4, -0.2) is 52.6 Å². The molecule has 1 aromatic rings. The van der Waals surface area contributed by atoms with Crippen LogP contribution in [0.3, 0.4) is 0 Å². The predicted octanol–water partition coefficient (Wildman–Crippen LogP) is -0.254. The molecule has 2 rings (SSSR count). The molecule has 1 aliphatic heterocycles. The molecule has 1 aliphatic rings. The van der Waals surface area contributed by atoms with E-state index in [2.05, 4.69) is 27.5 Å². The number of hydrogen-bond donors (Lipinski definition) is 1. The van der Waals surface area contributed by atoms with Crippen LogP contribution in [0.4, 0.5) is 0 Å². The first-order chi connectivity index (χ1) is 7.38. The zero-order valence-corrected chi connectivity index (χ0v) is 9.32. The van der Waals surface area contributed by atoms with Crippen molar-refractivity contribution in [1.29, 1.82) is 0 Å². The third-order valence-electron chi connectivity index (χ3n) is 2.80. The van der Waals surface area contributed by atoms with Crippen molar-refractivity contribution in [3.8, 4) is 0 Å². The highest BCUT2D eigenvalue weighted by Gasteiger charge is 2.09. The summed E-state index contributed by atoms with van der Waals surface area (Å²) in [6, 6.07) is 0. The Labute approximate surface area is 90.5 Å². The van der Waals surface area contributed by atoms with Crippen molar-refractivity contribution in [3.63, 3.8) is 0 Å². The van der Waals surface area contributed by atoms with Gasteiger partial charge in [-0.15, -0.1) is 5.10 Å². The van der Waals surface area contributed by atoms with Crippen LogP contribution in [0.5, 0.6) is 0 Å². The molecule has 1 saturated heterocycles. The van der Waals surface area contributed by atoms with Gasteiger partial charge in [0.1, 0.15) is 0 Å². The number of nitrogens with one attached hydrogen (secondary N) is 1. The van der Waals surface area contributed by atoms with E-state index in [-0.39, 0.29) is 0 Å². The van der Waals surface area contributed by atoms with Gasteiger partial charge in [-0.3, -0.25) is 4.68 Å². The number of aromatic nitrogens is 3. The van der Waals surface area contributed by atoms with Gasteiger partial charge in [0.15, 0.2) is 0 Å². The fourth-order valence-electron chi connectivity index (χ4n) is 1.82. The van der Waals surface area contributed by atoms with Crippen LogP contribution in [-0.2, 0) is 13.0 Å². The molecule has 0 radical (unpaired) electrons. The van der Waals surface area contributed by atoms with Crippen LogP contribution >= 0.6 is 0 Å². The van der Waals surface area contributed by atoms with Crippen LogP contribution in [0, 0.1) is 0 Å². The van der Waals surface area contributed by atoms with Crippen molar-refractivity contribution in [3.05, 3.63) is 11.9 Å². The van der Waals surface area contributed by atoms with E-state index < -0.39 is 0 Å². The Morgan fingerprint density at radius 1 is 1.40 bits per heavy atom. The van der Waals surface area contributed by atoms with Gasteiger partial charge in [0, 0.05) is 51.9 Å². The Bertz CT molecular complexity index is 290. The van der Waals surface area contributed by atoms with Crippen molar-refractivity contribution in [2.45, 2.75) is 19.9 Å². The van der Waals surface area contributed by atoms with Gasteiger partial charge < -0.3 is 10.2 Å². The minimum Gasteiger partial charge on any atom is -0.314 e. The fourth-order valence-corrected chi connectivity index (χ4v) is 1.82. The van der Waals surface area contributed by atoms with Crippen LogP contribution in [0.25, 0.3) is 0 Å². The molecule has 15 heavy (non-hydrogen) atoms. The molecule has 0 bridgehead atoms. The Morgan fingerprint density at radius 3 is 2.87 bits per heavy atom. The lowest BCUT2D eigenvalue weighted by atomic mass is 10.3. The average Bonchev–Trinajstić information content (AvgIpc) is 2.76. The zero-order chi connectivity index (χ0) is 10.5. The Kier molecular flexibility index (Phi) is 3.69. The molecule has 1 fully saturated rings. The summed E-state index contributed by atoms with van der Waals surface area (Å²) in [6.07, 6.45) is 3.06. The minimum atomic E-state index is 0.903. The van der Waals surface area contributed by atoms with Crippen molar-refractivity contribution in [1.82, 2.24) is 25.2 Å². The summed E-state index contributed by atoms with van der Waals surface area (Å²) in [6.45, 7) is 8.62. The molecule has 0 amide bonds. The van der Waals surface area contributed by atoms with Gasteiger partial charge in [-0.25, -0.2) is 0 Å². The molecule has 0 spiro atoms. The van der Waals surface area contributed by atoms with Crippen LogP contribution < -0.4 is 5.32 Å². The third kappa shape index (κ3) is 3.00. The summed E-state index contributed by atoms with van der Waals surface area (Å²) < 4.78 is 1.88. The van der Waals surface area contributed by atoms with Crippen LogP contribution in [0.2, 0.25) is 0 Å². The summed E-state index contributed by atoms with van der Waals surface area (Å²) in [7, 11) is 0. The maximum atomic E-state index is 4.14. The highest BCUT2D eigenvalue weighted by molar-refractivity contribution is 4.93. The molecule has 1 N–H and O–H groups in total. The molecule has 5 nitrogen and oxygen atoms in total. The van der Waals surface area contributed by atoms with Gasteiger partial charge in [-0.2, -0.15) is 0 Å². The number of nitrogens with zero attached hydrogens (tertiary/aromatic N) is 4. The second-order valence-corrected chi connectivity index (χ2v) is 3.91. The second kappa shape index (κ2) is 5.23. The van der Waals surface area contributed by atoms with Crippen molar-refractivity contribution >= 4 is 0 Å². The van der Waals surface area contributed by atoms with Crippen LogP contribution in [0.1, 0.15) is 12.6 Å². The largest absolute Gasteiger partial charge is 0.314 e. The van der Waals surface area contributed by atoms with Gasteiger partial charge in [0.2, 0.25) is 0 Å². The van der Waals surface area contributed by atoms with E-state index in [1.807, 2.05) is 10.9 Å². The highest BCUT2D eigenvalue weighted by atomic mass is 15.4. The highest BCUT2D eigenvalue weighted by Crippen LogP contribution is 1.98. The lowest BCUT2D eigenvalue weighted by molar-refractivity contribution is 0.243. The maximum absolute atomic E-state index is 4.14. The van der Waals surface area contributed by atoms with Gasteiger partial charge >= 0.3 is 0 Å². The summed E-state index contributed by atoms with van der Waals surface area (Å²) >= 11 is 0. The topological polar surface area (TPSA) is 46.0 Å². The second-order valence-electron chi connectivity index (χ2n) is 3.91. The predicted molar refractivity (Wildman–Crippen MR) is 58.7 cm³/mol. The van der Waals surface area contributed by atoms with E-state index in [4.69, 9.17) is 0 Å². The molecule has 1 aromatic heterocycles. The smallest absolute Gasteiger partial charge is 0.0839 e. The van der Waals surface area contributed by atoms with E-state index in [9.17, 15) is 0 Å². The minimum absolute atomic E-state index is 0.903. The van der Waals surface area contributed by atoms with E-state index in [0.717, 1.165) is 51.4 Å². The number of piperazine rings is 1. The summed E-state index contributed by atoms with van der Waals surface area (Å²) in [5.41, 5.74) is 1.11. The van der Waals surface area contributed by atoms with E-state index in [0.29, 0.717) is 0 Å². The molecule has 0 aliphatic carbocycles. The van der Waals surface area contributed by atoms with Gasteiger partial charge in [-0.05, 0) is 6.92 Å². The quantitative estimate of drug-likeness (QED) is 0.742. The molecular formula is C10H19N5. The lowest BCUT2D eigenvalue weighted by Gasteiger charge is -2.26. The molecular weight excluding hydrogens is 190 g/mol. The third-order valence-corrected chi connectivity index (χ3v) is 2.80. The summed E-state index contributed by atoms with van der Waals surface area (Å²) in [4.78, 5) is 2.47. The van der Waals surface area contributed by atoms with E-state index >= 15 is 0 Å². The first kappa shape index (κ1) is 10.6. The maximum Gasteiger partial charge on any atom is 0.0839 e. The SMILES string of the molecule is CCn1cc(CCN2CCNCC2)nn1. The molecule has 0 atom stereocenters. The van der Waals surface area contributed by atoms with Crippen molar-refractivity contribution in [2.75, 3.05) is 32.7 Å². The molecule has 84 valence electrons. The van der Waals surface area contributed by atoms with E-state index in [1.165, 1.54) is 0 Å². The van der Waals surface area contributed by atoms with Gasteiger partial charge in [-0.1, -0.05) is 5.21 Å². The first-order valence-corrected chi connectivity index (χ1v) is 5.70. The Hall–Kier alpha value is -0.940. The van der Waals surface area contributed by atoms with Crippen LogP contribution in [0.15, 0.2) is 6.20 Å². The van der Waals surface area contributed by atoms with Gasteiger partial charge in [0.05, 0.1) is 5.69 Å². The Morgan fingerprint density at radius 2 is 2.20 bits per heavy atom. The summed E-state index contributed by atoms with van der Waals surface area (Å²) in [5.74, 6) is 0. The molecule has 0 saturated carbocycles. The molecule has 2 heterocycles. The lowest BCUT2D eigenvalue weighted by Crippen LogP contribution is -2.44. The van der Waals surface area contributed by atoms with E-state index in [1.54, 1.807) is 0 Å². The monoisotopic (exact) mass is 209 g/mol. The van der Waals surface area contributed by atoms with Crippen molar-refractivity contribution < 1.29 is 0 Å². The molecule has 0 unspecified atom stereocenters. The number of hydrogen-bond acceptors (Lipinski definition) is 4. The zero-order valence-electron chi connectivity index (χ0n) is 9.32. The molecule has 5 heteroatoms. The fraction of sp³-hybridized carbons (Fsp3) is 0.800. The molecule has 0 aromatic carbocycles. The first-order valence-electron chi connectivity index (χ1n) is 5.70. The van der Waals surface area contributed by atoms with Crippen molar-refractivity contribution in [2.24, 2.45) is 0 Å². The number of rotatable bonds is 4. The standard InChI is InChI=1S/C10H19N5/c1-2-15-9-10(12-13-15)3-6-14-7-4-11-5-8-14/h9,11H,2-8H2,1H3. The summed E-state index contributed by atoms with van der Waals surface area (Å²) in [5, 5.41) is 11.5. The normalized spacial score (nSPS) is 18.2. The average molecular weight is 209 g/mol. The Balaban J connectivity index is 1.76.